The monoisotopic (exact) mass is 317 g/mol. The summed E-state index contributed by atoms with van der Waals surface area (Å²) in [6.45, 7) is 6.56. The molecule has 1 saturated carbocycles. The van der Waals surface area contributed by atoms with Gasteiger partial charge in [0, 0.05) is 30.8 Å². The van der Waals surface area contributed by atoms with Crippen molar-refractivity contribution in [3.63, 3.8) is 0 Å². The van der Waals surface area contributed by atoms with Crippen LogP contribution in [0, 0.1) is 5.92 Å². The van der Waals surface area contributed by atoms with E-state index in [2.05, 4.69) is 15.2 Å². The summed E-state index contributed by atoms with van der Waals surface area (Å²) in [5.74, 6) is 1.16. The zero-order valence-electron chi connectivity index (χ0n) is 14.1. The van der Waals surface area contributed by atoms with Crippen LogP contribution in [0.25, 0.3) is 0 Å². The Hall–Kier alpha value is -1.62. The maximum Gasteiger partial charge on any atom is 0.226 e. The van der Waals surface area contributed by atoms with Crippen molar-refractivity contribution in [2.45, 2.75) is 58.2 Å². The predicted molar refractivity (Wildman–Crippen MR) is 89.2 cm³/mol. The Bertz CT molecular complexity index is 537. The number of carbonyl (C=O) groups excluding carboxylic acids is 1. The van der Waals surface area contributed by atoms with Crippen molar-refractivity contribution in [2.24, 2.45) is 5.92 Å². The summed E-state index contributed by atoms with van der Waals surface area (Å²) in [4.78, 5) is 19.2. The van der Waals surface area contributed by atoms with E-state index in [9.17, 15) is 4.79 Å². The third-order valence-electron chi connectivity index (χ3n) is 4.47. The van der Waals surface area contributed by atoms with Crippen LogP contribution in [0.15, 0.2) is 18.3 Å². The van der Waals surface area contributed by atoms with Crippen molar-refractivity contribution in [1.82, 2.24) is 15.2 Å². The smallest absolute Gasteiger partial charge is 0.226 e. The van der Waals surface area contributed by atoms with E-state index >= 15 is 0 Å². The highest BCUT2D eigenvalue weighted by Gasteiger charge is 2.36. The summed E-state index contributed by atoms with van der Waals surface area (Å²) in [5.41, 5.74) is 1.10. The minimum atomic E-state index is 0.105. The lowest BCUT2D eigenvalue weighted by Gasteiger charge is -2.30. The van der Waals surface area contributed by atoms with Crippen LogP contribution in [-0.2, 0) is 11.3 Å². The van der Waals surface area contributed by atoms with Gasteiger partial charge in [-0.15, -0.1) is 0 Å². The van der Waals surface area contributed by atoms with Gasteiger partial charge in [0.25, 0.3) is 0 Å². The molecule has 5 nitrogen and oxygen atoms in total. The first-order valence-corrected chi connectivity index (χ1v) is 8.76. The molecular formula is C18H27N3O2. The average Bonchev–Trinajstić information content (AvgIpc) is 3.37. The molecule has 23 heavy (non-hydrogen) atoms. The van der Waals surface area contributed by atoms with Gasteiger partial charge in [0.15, 0.2) is 0 Å². The fraction of sp³-hybridized carbons (Fsp3) is 0.667. The van der Waals surface area contributed by atoms with Gasteiger partial charge in [0.2, 0.25) is 11.8 Å². The Morgan fingerprint density at radius 2 is 2.09 bits per heavy atom. The van der Waals surface area contributed by atoms with E-state index in [1.165, 1.54) is 0 Å². The molecule has 2 heterocycles. The molecule has 1 N–H and O–H groups in total. The van der Waals surface area contributed by atoms with Gasteiger partial charge >= 0.3 is 0 Å². The van der Waals surface area contributed by atoms with E-state index in [0.717, 1.165) is 44.3 Å². The summed E-state index contributed by atoms with van der Waals surface area (Å²) >= 11 is 0. The molecule has 126 valence electrons. The Morgan fingerprint density at radius 1 is 1.35 bits per heavy atom. The number of nitrogens with one attached hydrogen (secondary N) is 1. The van der Waals surface area contributed by atoms with Gasteiger partial charge < -0.3 is 15.0 Å². The highest BCUT2D eigenvalue weighted by atomic mass is 16.5. The van der Waals surface area contributed by atoms with Gasteiger partial charge in [-0.05, 0) is 64.3 Å². The lowest BCUT2D eigenvalue weighted by molar-refractivity contribution is -0.137. The second-order valence-electron chi connectivity index (χ2n) is 6.89. The van der Waals surface area contributed by atoms with Gasteiger partial charge in [0.05, 0.1) is 6.10 Å². The van der Waals surface area contributed by atoms with Crippen molar-refractivity contribution in [3.05, 3.63) is 23.9 Å². The Morgan fingerprint density at radius 3 is 2.74 bits per heavy atom. The van der Waals surface area contributed by atoms with Crippen molar-refractivity contribution in [3.8, 4) is 5.88 Å². The molecule has 0 aromatic carbocycles. The summed E-state index contributed by atoms with van der Waals surface area (Å²) < 4.78 is 5.67. The first-order chi connectivity index (χ1) is 11.1. The van der Waals surface area contributed by atoms with Gasteiger partial charge in [-0.2, -0.15) is 0 Å². The lowest BCUT2D eigenvalue weighted by atomic mass is 9.96. The number of rotatable bonds is 6. The topological polar surface area (TPSA) is 54.5 Å². The Kier molecular flexibility index (Phi) is 5.16. The normalized spacial score (nSPS) is 18.9. The number of hydrogen-bond donors (Lipinski definition) is 1. The molecule has 1 aliphatic carbocycles. The standard InChI is InChI=1S/C18H27N3O2/c1-13(2)23-17-11-14(5-10-20-17)12-21(16-3-4-16)18(22)15-6-8-19-9-7-15/h5,10-11,13,15-16,19H,3-4,6-9,12H2,1-2H3. The molecule has 5 heteroatoms. The van der Waals surface area contributed by atoms with Crippen LogP contribution in [0.1, 0.15) is 45.1 Å². The van der Waals surface area contributed by atoms with Crippen LogP contribution in [0.2, 0.25) is 0 Å². The fourth-order valence-corrected chi connectivity index (χ4v) is 3.13. The molecule has 0 unspecified atom stereocenters. The Labute approximate surface area is 138 Å². The minimum absolute atomic E-state index is 0.105. The summed E-state index contributed by atoms with van der Waals surface area (Å²) in [6, 6.07) is 4.38. The van der Waals surface area contributed by atoms with E-state index in [4.69, 9.17) is 4.74 Å². The highest BCUT2D eigenvalue weighted by Crippen LogP contribution is 2.31. The van der Waals surface area contributed by atoms with Crippen LogP contribution in [0.3, 0.4) is 0 Å². The van der Waals surface area contributed by atoms with Gasteiger partial charge in [-0.25, -0.2) is 4.98 Å². The molecule has 1 aliphatic heterocycles. The number of nitrogens with zero attached hydrogens (tertiary/aromatic N) is 2. The molecule has 1 aromatic rings. The number of pyridine rings is 1. The molecule has 1 saturated heterocycles. The van der Waals surface area contributed by atoms with Crippen LogP contribution >= 0.6 is 0 Å². The van der Waals surface area contributed by atoms with Crippen LogP contribution in [0.5, 0.6) is 5.88 Å². The van der Waals surface area contributed by atoms with E-state index in [-0.39, 0.29) is 12.0 Å². The first kappa shape index (κ1) is 16.2. The number of piperidine rings is 1. The maximum absolute atomic E-state index is 12.9. The van der Waals surface area contributed by atoms with Crippen molar-refractivity contribution < 1.29 is 9.53 Å². The SMILES string of the molecule is CC(C)Oc1cc(CN(C(=O)C2CCNCC2)C2CC2)ccn1. The molecule has 1 aromatic heterocycles. The number of amides is 1. The van der Waals surface area contributed by atoms with E-state index in [0.29, 0.717) is 24.4 Å². The molecule has 0 radical (unpaired) electrons. The molecule has 0 spiro atoms. The third kappa shape index (κ3) is 4.44. The largest absolute Gasteiger partial charge is 0.475 e. The van der Waals surface area contributed by atoms with Crippen LogP contribution in [-0.4, -0.2) is 41.0 Å². The zero-order valence-corrected chi connectivity index (χ0v) is 14.1. The van der Waals surface area contributed by atoms with E-state index in [1.807, 2.05) is 26.0 Å². The van der Waals surface area contributed by atoms with Gasteiger partial charge in [0.1, 0.15) is 0 Å². The second kappa shape index (κ2) is 7.30. The average molecular weight is 317 g/mol. The Balaban J connectivity index is 1.68. The van der Waals surface area contributed by atoms with Crippen LogP contribution in [0.4, 0.5) is 0 Å². The van der Waals surface area contributed by atoms with Crippen molar-refractivity contribution >= 4 is 5.91 Å². The van der Waals surface area contributed by atoms with E-state index in [1.54, 1.807) is 6.20 Å². The quantitative estimate of drug-likeness (QED) is 0.875. The maximum atomic E-state index is 12.9. The summed E-state index contributed by atoms with van der Waals surface area (Å²) in [7, 11) is 0. The molecule has 3 rings (SSSR count). The third-order valence-corrected chi connectivity index (χ3v) is 4.47. The lowest BCUT2D eigenvalue weighted by Crippen LogP contribution is -2.41. The molecule has 2 fully saturated rings. The first-order valence-electron chi connectivity index (χ1n) is 8.76. The molecule has 0 bridgehead atoms. The number of aromatic nitrogens is 1. The molecule has 1 amide bonds. The number of carbonyl (C=O) groups is 1. The molecule has 2 aliphatic rings. The number of hydrogen-bond acceptors (Lipinski definition) is 4. The van der Waals surface area contributed by atoms with Crippen molar-refractivity contribution in [2.75, 3.05) is 13.1 Å². The summed E-state index contributed by atoms with van der Waals surface area (Å²) in [5, 5.41) is 3.33. The zero-order chi connectivity index (χ0) is 16.2. The molecule has 0 atom stereocenters. The van der Waals surface area contributed by atoms with Crippen LogP contribution < -0.4 is 10.1 Å². The predicted octanol–water partition coefficient (Wildman–Crippen LogP) is 2.36. The van der Waals surface area contributed by atoms with E-state index < -0.39 is 0 Å². The van der Waals surface area contributed by atoms with Gasteiger partial charge in [-0.1, -0.05) is 0 Å². The second-order valence-corrected chi connectivity index (χ2v) is 6.89. The van der Waals surface area contributed by atoms with Crippen molar-refractivity contribution in [1.29, 1.82) is 0 Å². The fourth-order valence-electron chi connectivity index (χ4n) is 3.13. The van der Waals surface area contributed by atoms with Gasteiger partial charge in [-0.3, -0.25) is 4.79 Å². The summed E-state index contributed by atoms with van der Waals surface area (Å²) in [6.07, 6.45) is 6.07. The highest BCUT2D eigenvalue weighted by molar-refractivity contribution is 5.79. The number of ether oxygens (including phenoxy) is 1. The minimum Gasteiger partial charge on any atom is -0.475 e. The molecular weight excluding hydrogens is 290 g/mol.